The summed E-state index contributed by atoms with van der Waals surface area (Å²) in [6, 6.07) is 9.92. The van der Waals surface area contributed by atoms with Crippen LogP contribution in [0.2, 0.25) is 0 Å². The fourth-order valence-electron chi connectivity index (χ4n) is 2.77. The Balaban J connectivity index is 1.73. The van der Waals surface area contributed by atoms with E-state index in [1.807, 2.05) is 18.2 Å². The molecule has 0 fully saturated rings. The molecule has 1 amide bonds. The van der Waals surface area contributed by atoms with E-state index in [4.69, 9.17) is 9.47 Å². The average molecular weight is 414 g/mol. The molecule has 29 heavy (non-hydrogen) atoms. The molecule has 2 aromatic carbocycles. The highest BCUT2D eigenvalue weighted by atomic mass is 32.1. The number of methoxy groups -OCH3 is 2. The number of nitro benzene ring substituents is 1. The van der Waals surface area contributed by atoms with Gasteiger partial charge in [-0.3, -0.25) is 20.2 Å². The minimum atomic E-state index is -0.516. The number of nitrogens with one attached hydrogen (secondary N) is 1. The summed E-state index contributed by atoms with van der Waals surface area (Å²) in [4.78, 5) is 23.0. The average Bonchev–Trinajstić information content (AvgIpc) is 3.14. The Labute approximate surface area is 170 Å². The van der Waals surface area contributed by atoms with Crippen LogP contribution in [0.1, 0.15) is 26.5 Å². The van der Waals surface area contributed by atoms with Crippen LogP contribution in [0, 0.1) is 17.0 Å². The highest BCUT2D eigenvalue weighted by molar-refractivity contribution is 7.15. The number of carbonyl (C=O) groups is 1. The molecular formula is C19H18N4O5S. The zero-order valence-electron chi connectivity index (χ0n) is 16.0. The molecule has 1 N–H and O–H groups in total. The van der Waals surface area contributed by atoms with Gasteiger partial charge >= 0.3 is 0 Å². The fourth-order valence-corrected chi connectivity index (χ4v) is 3.54. The maximum Gasteiger partial charge on any atom is 0.273 e. The Hall–Kier alpha value is -3.53. The molecule has 9 nitrogen and oxygen atoms in total. The number of rotatable bonds is 7. The highest BCUT2D eigenvalue weighted by Gasteiger charge is 2.19. The summed E-state index contributed by atoms with van der Waals surface area (Å²) in [6.45, 7) is 1.54. The molecule has 0 aliphatic carbocycles. The third-order valence-electron chi connectivity index (χ3n) is 4.24. The molecule has 0 saturated carbocycles. The Bertz CT molecular complexity index is 1070. The first-order valence-electron chi connectivity index (χ1n) is 8.51. The van der Waals surface area contributed by atoms with E-state index in [1.54, 1.807) is 14.2 Å². The lowest BCUT2D eigenvalue weighted by atomic mass is 10.1. The molecule has 0 atom stereocenters. The Kier molecular flexibility index (Phi) is 6.03. The maximum absolute atomic E-state index is 12.5. The molecule has 0 saturated heterocycles. The van der Waals surface area contributed by atoms with E-state index in [1.165, 1.54) is 36.5 Å². The van der Waals surface area contributed by atoms with Gasteiger partial charge in [0.2, 0.25) is 5.13 Å². The molecule has 10 heteroatoms. The van der Waals surface area contributed by atoms with Crippen LogP contribution in [0.25, 0.3) is 0 Å². The molecule has 0 aliphatic heterocycles. The standard InChI is InChI=1S/C19H18N4O5S/c1-11-13(5-4-6-14(11)23(25)26)18(24)20-19-22-21-17(29-19)10-12-7-8-15(27-2)16(9-12)28-3/h4-9H,10H2,1-3H3,(H,20,22,24). The maximum atomic E-state index is 12.5. The number of carbonyl (C=O) groups excluding carboxylic acids is 1. The molecule has 0 unspecified atom stereocenters. The van der Waals surface area contributed by atoms with Crippen molar-refractivity contribution >= 4 is 28.1 Å². The van der Waals surface area contributed by atoms with Gasteiger partial charge in [0.15, 0.2) is 11.5 Å². The predicted octanol–water partition coefficient (Wildman–Crippen LogP) is 3.62. The van der Waals surface area contributed by atoms with Crippen LogP contribution in [0.5, 0.6) is 11.5 Å². The molecule has 3 rings (SSSR count). The molecule has 0 aliphatic rings. The van der Waals surface area contributed by atoms with E-state index in [0.717, 1.165) is 5.56 Å². The number of hydrogen-bond donors (Lipinski definition) is 1. The largest absolute Gasteiger partial charge is 0.493 e. The molecule has 1 heterocycles. The van der Waals surface area contributed by atoms with Crippen LogP contribution in [0.15, 0.2) is 36.4 Å². The van der Waals surface area contributed by atoms with Gasteiger partial charge in [-0.05, 0) is 30.7 Å². The Morgan fingerprint density at radius 2 is 1.93 bits per heavy atom. The topological polar surface area (TPSA) is 116 Å². The lowest BCUT2D eigenvalue weighted by Gasteiger charge is -2.08. The van der Waals surface area contributed by atoms with E-state index in [-0.39, 0.29) is 11.3 Å². The molecular weight excluding hydrogens is 396 g/mol. The Morgan fingerprint density at radius 3 is 2.62 bits per heavy atom. The normalized spacial score (nSPS) is 10.4. The summed E-state index contributed by atoms with van der Waals surface area (Å²) < 4.78 is 10.5. The third-order valence-corrected chi connectivity index (χ3v) is 5.08. The van der Waals surface area contributed by atoms with Crippen LogP contribution >= 0.6 is 11.3 Å². The van der Waals surface area contributed by atoms with Crippen molar-refractivity contribution in [3.8, 4) is 11.5 Å². The zero-order chi connectivity index (χ0) is 21.0. The van der Waals surface area contributed by atoms with Crippen molar-refractivity contribution in [2.75, 3.05) is 19.5 Å². The minimum Gasteiger partial charge on any atom is -0.493 e. The summed E-state index contributed by atoms with van der Waals surface area (Å²) >= 11 is 1.23. The second-order valence-electron chi connectivity index (χ2n) is 6.03. The molecule has 3 aromatic rings. The van der Waals surface area contributed by atoms with Crippen molar-refractivity contribution in [2.45, 2.75) is 13.3 Å². The van der Waals surface area contributed by atoms with E-state index in [9.17, 15) is 14.9 Å². The SMILES string of the molecule is COc1ccc(Cc2nnc(NC(=O)c3cccc([N+](=O)[O-])c3C)s2)cc1OC. The Morgan fingerprint density at radius 1 is 1.17 bits per heavy atom. The lowest BCUT2D eigenvalue weighted by Crippen LogP contribution is -2.14. The van der Waals surface area contributed by atoms with Gasteiger partial charge in [0.05, 0.1) is 19.1 Å². The van der Waals surface area contributed by atoms with Gasteiger partial charge in [0, 0.05) is 23.6 Å². The van der Waals surface area contributed by atoms with Gasteiger partial charge in [-0.1, -0.05) is 23.5 Å². The van der Waals surface area contributed by atoms with Crippen molar-refractivity contribution in [1.82, 2.24) is 10.2 Å². The summed E-state index contributed by atoms with van der Waals surface area (Å²) in [5.41, 5.74) is 1.36. The second-order valence-corrected chi connectivity index (χ2v) is 7.09. The molecule has 0 bridgehead atoms. The number of anilines is 1. The summed E-state index contributed by atoms with van der Waals surface area (Å²) in [5, 5.41) is 22.8. The van der Waals surface area contributed by atoms with Gasteiger partial charge in [-0.15, -0.1) is 10.2 Å². The predicted molar refractivity (Wildman–Crippen MR) is 108 cm³/mol. The number of nitrogens with zero attached hydrogens (tertiary/aromatic N) is 3. The number of benzene rings is 2. The summed E-state index contributed by atoms with van der Waals surface area (Å²) in [6.07, 6.45) is 0.504. The smallest absolute Gasteiger partial charge is 0.273 e. The number of aromatic nitrogens is 2. The van der Waals surface area contributed by atoms with Gasteiger partial charge in [0.1, 0.15) is 5.01 Å². The third kappa shape index (κ3) is 4.49. The van der Waals surface area contributed by atoms with Crippen molar-refractivity contribution in [1.29, 1.82) is 0 Å². The van der Waals surface area contributed by atoms with Crippen molar-refractivity contribution < 1.29 is 19.2 Å². The summed E-state index contributed by atoms with van der Waals surface area (Å²) in [7, 11) is 3.14. The van der Waals surface area contributed by atoms with Crippen LogP contribution < -0.4 is 14.8 Å². The first-order valence-corrected chi connectivity index (χ1v) is 9.33. The van der Waals surface area contributed by atoms with Gasteiger partial charge < -0.3 is 9.47 Å². The highest BCUT2D eigenvalue weighted by Crippen LogP contribution is 2.29. The van der Waals surface area contributed by atoms with Crippen LogP contribution in [0.4, 0.5) is 10.8 Å². The summed E-state index contributed by atoms with van der Waals surface area (Å²) in [5.74, 6) is 0.776. The van der Waals surface area contributed by atoms with Crippen LogP contribution in [0.3, 0.4) is 0 Å². The lowest BCUT2D eigenvalue weighted by molar-refractivity contribution is -0.385. The van der Waals surface area contributed by atoms with E-state index >= 15 is 0 Å². The van der Waals surface area contributed by atoms with E-state index in [2.05, 4.69) is 15.5 Å². The van der Waals surface area contributed by atoms with Crippen LogP contribution in [-0.2, 0) is 6.42 Å². The van der Waals surface area contributed by atoms with Crippen molar-refractivity contribution in [3.63, 3.8) is 0 Å². The quantitative estimate of drug-likeness (QED) is 0.463. The monoisotopic (exact) mass is 414 g/mol. The minimum absolute atomic E-state index is 0.107. The first-order chi connectivity index (χ1) is 13.9. The number of hydrogen-bond acceptors (Lipinski definition) is 8. The van der Waals surface area contributed by atoms with Gasteiger partial charge in [0.25, 0.3) is 11.6 Å². The molecule has 1 aromatic heterocycles. The van der Waals surface area contributed by atoms with E-state index < -0.39 is 10.8 Å². The number of nitro groups is 1. The van der Waals surface area contributed by atoms with Crippen LogP contribution in [-0.4, -0.2) is 35.2 Å². The van der Waals surface area contributed by atoms with Gasteiger partial charge in [-0.25, -0.2) is 0 Å². The fraction of sp³-hybridized carbons (Fsp3) is 0.211. The van der Waals surface area contributed by atoms with Crippen molar-refractivity contribution in [3.05, 3.63) is 68.2 Å². The first kappa shape index (κ1) is 20.2. The molecule has 150 valence electrons. The number of amides is 1. The van der Waals surface area contributed by atoms with Gasteiger partial charge in [-0.2, -0.15) is 0 Å². The zero-order valence-corrected chi connectivity index (χ0v) is 16.8. The second kappa shape index (κ2) is 8.65. The number of ether oxygens (including phenoxy) is 2. The van der Waals surface area contributed by atoms with Crippen molar-refractivity contribution in [2.24, 2.45) is 0 Å². The molecule has 0 radical (unpaired) electrons. The van der Waals surface area contributed by atoms with E-state index in [0.29, 0.717) is 33.6 Å². The molecule has 0 spiro atoms.